The first-order chi connectivity index (χ1) is 15.6. The zero-order valence-corrected chi connectivity index (χ0v) is 19.9. The molecule has 4 rings (SSSR count). The van der Waals surface area contributed by atoms with E-state index in [2.05, 4.69) is 38.6 Å². The second-order valence-electron chi connectivity index (χ2n) is 7.32. The zero-order valence-electron chi connectivity index (χ0n) is 17.6. The van der Waals surface area contributed by atoms with Gasteiger partial charge >= 0.3 is 0 Å². The van der Waals surface area contributed by atoms with Gasteiger partial charge in [-0.05, 0) is 40.0 Å². The summed E-state index contributed by atoms with van der Waals surface area (Å²) in [5.41, 5.74) is 4.07. The largest absolute Gasteiger partial charge is 0.368 e. The van der Waals surface area contributed by atoms with Crippen LogP contribution in [-0.2, 0) is 6.42 Å². The van der Waals surface area contributed by atoms with Gasteiger partial charge < -0.3 is 10.6 Å². The van der Waals surface area contributed by atoms with E-state index in [-0.39, 0.29) is 5.91 Å². The Balaban J connectivity index is 1.49. The quantitative estimate of drug-likeness (QED) is 0.301. The number of rotatable bonds is 8. The fraction of sp³-hybridized carbons (Fsp3) is 0.208. The Bertz CT molecular complexity index is 1260. The van der Waals surface area contributed by atoms with Crippen LogP contribution in [0.4, 0.5) is 5.82 Å². The minimum atomic E-state index is -0.0608. The molecule has 0 spiro atoms. The zero-order chi connectivity index (χ0) is 22.5. The standard InChI is InChI=1S/C24H23BrClN5O/c1-2-7-16-8-3-4-9-17(16)24(32)28-13-12-27-22-14-21(18-10-5-6-11-20(18)26)30-23-19(25)15-29-31(22)23/h3-6,8-11,14-15,27H,2,7,12-13H2,1H3,(H,28,32). The molecule has 0 fully saturated rings. The third-order valence-corrected chi connectivity index (χ3v) is 5.97. The predicted molar refractivity (Wildman–Crippen MR) is 132 cm³/mol. The van der Waals surface area contributed by atoms with E-state index in [1.54, 1.807) is 10.7 Å². The van der Waals surface area contributed by atoms with E-state index in [1.165, 1.54) is 0 Å². The van der Waals surface area contributed by atoms with E-state index in [0.717, 1.165) is 45.5 Å². The first kappa shape index (κ1) is 22.3. The molecule has 2 N–H and O–H groups in total. The molecular weight excluding hydrogens is 490 g/mol. The van der Waals surface area contributed by atoms with Gasteiger partial charge in [-0.25, -0.2) is 4.98 Å². The molecule has 0 aliphatic heterocycles. The van der Waals surface area contributed by atoms with E-state index < -0.39 is 0 Å². The lowest BCUT2D eigenvalue weighted by molar-refractivity contribution is 0.0954. The highest BCUT2D eigenvalue weighted by Gasteiger charge is 2.14. The van der Waals surface area contributed by atoms with Gasteiger partial charge in [0.15, 0.2) is 5.65 Å². The number of nitrogens with one attached hydrogen (secondary N) is 2. The molecule has 0 atom stereocenters. The summed E-state index contributed by atoms with van der Waals surface area (Å²) in [6.07, 6.45) is 3.59. The van der Waals surface area contributed by atoms with Gasteiger partial charge in [-0.15, -0.1) is 0 Å². The Hall–Kier alpha value is -2.90. The summed E-state index contributed by atoms with van der Waals surface area (Å²) in [5.74, 6) is 0.700. The molecule has 0 saturated carbocycles. The molecule has 4 aromatic rings. The van der Waals surface area contributed by atoms with Crippen molar-refractivity contribution in [3.8, 4) is 11.3 Å². The lowest BCUT2D eigenvalue weighted by Crippen LogP contribution is -2.29. The molecule has 6 nitrogen and oxygen atoms in total. The Kier molecular flexibility index (Phi) is 7.07. The first-order valence-electron chi connectivity index (χ1n) is 10.5. The Morgan fingerprint density at radius 3 is 2.72 bits per heavy atom. The monoisotopic (exact) mass is 511 g/mol. The van der Waals surface area contributed by atoms with E-state index in [9.17, 15) is 4.79 Å². The highest BCUT2D eigenvalue weighted by atomic mass is 79.9. The first-order valence-corrected chi connectivity index (χ1v) is 11.6. The molecule has 0 unspecified atom stereocenters. The molecule has 164 valence electrons. The van der Waals surface area contributed by atoms with Gasteiger partial charge in [-0.3, -0.25) is 4.79 Å². The second-order valence-corrected chi connectivity index (χ2v) is 8.59. The summed E-state index contributed by atoms with van der Waals surface area (Å²) in [6.45, 7) is 3.10. The molecule has 1 amide bonds. The fourth-order valence-electron chi connectivity index (χ4n) is 3.56. The number of benzene rings is 2. The van der Waals surface area contributed by atoms with Crippen LogP contribution in [0.1, 0.15) is 29.3 Å². The number of hydrogen-bond donors (Lipinski definition) is 2. The average Bonchev–Trinajstić information content (AvgIpc) is 3.18. The van der Waals surface area contributed by atoms with Crippen LogP contribution in [0.3, 0.4) is 0 Å². The molecule has 2 aromatic heterocycles. The molecule has 2 heterocycles. The van der Waals surface area contributed by atoms with Crippen molar-refractivity contribution in [1.82, 2.24) is 19.9 Å². The summed E-state index contributed by atoms with van der Waals surface area (Å²) in [4.78, 5) is 17.4. The summed E-state index contributed by atoms with van der Waals surface area (Å²) in [5, 5.41) is 11.4. The van der Waals surface area contributed by atoms with Crippen LogP contribution in [0.2, 0.25) is 5.02 Å². The molecule has 0 bridgehead atoms. The Morgan fingerprint density at radius 2 is 1.91 bits per heavy atom. The van der Waals surface area contributed by atoms with Crippen molar-refractivity contribution in [2.75, 3.05) is 18.4 Å². The molecule has 0 radical (unpaired) electrons. The van der Waals surface area contributed by atoms with Gasteiger partial charge in [-0.2, -0.15) is 9.61 Å². The number of hydrogen-bond acceptors (Lipinski definition) is 4. The maximum atomic E-state index is 12.7. The van der Waals surface area contributed by atoms with Gasteiger partial charge in [0.1, 0.15) is 5.82 Å². The Labute approximate surface area is 200 Å². The van der Waals surface area contributed by atoms with Crippen LogP contribution in [0.25, 0.3) is 16.9 Å². The maximum absolute atomic E-state index is 12.7. The van der Waals surface area contributed by atoms with Crippen molar-refractivity contribution in [2.45, 2.75) is 19.8 Å². The Morgan fingerprint density at radius 1 is 1.12 bits per heavy atom. The van der Waals surface area contributed by atoms with Gasteiger partial charge in [0, 0.05) is 35.3 Å². The molecule has 2 aromatic carbocycles. The summed E-state index contributed by atoms with van der Waals surface area (Å²) in [6, 6.07) is 17.2. The summed E-state index contributed by atoms with van der Waals surface area (Å²) >= 11 is 9.90. The highest BCUT2D eigenvalue weighted by Crippen LogP contribution is 2.30. The second kappa shape index (κ2) is 10.1. The minimum Gasteiger partial charge on any atom is -0.368 e. The molecule has 0 saturated heterocycles. The van der Waals surface area contributed by atoms with Crippen LogP contribution < -0.4 is 10.6 Å². The van der Waals surface area contributed by atoms with Crippen molar-refractivity contribution in [2.24, 2.45) is 0 Å². The number of fused-ring (bicyclic) bond motifs is 1. The number of halogens is 2. The van der Waals surface area contributed by atoms with Crippen LogP contribution >= 0.6 is 27.5 Å². The third-order valence-electron chi connectivity index (χ3n) is 5.08. The van der Waals surface area contributed by atoms with E-state index in [1.807, 2.05) is 54.6 Å². The van der Waals surface area contributed by atoms with Crippen molar-refractivity contribution >= 4 is 44.9 Å². The van der Waals surface area contributed by atoms with E-state index in [4.69, 9.17) is 16.6 Å². The number of amides is 1. The predicted octanol–water partition coefficient (Wildman–Crippen LogP) is 5.61. The van der Waals surface area contributed by atoms with Gasteiger partial charge in [-0.1, -0.05) is 61.3 Å². The minimum absolute atomic E-state index is 0.0608. The smallest absolute Gasteiger partial charge is 0.251 e. The van der Waals surface area contributed by atoms with Crippen LogP contribution in [0, 0.1) is 0 Å². The highest BCUT2D eigenvalue weighted by molar-refractivity contribution is 9.10. The maximum Gasteiger partial charge on any atom is 0.251 e. The number of carbonyl (C=O) groups is 1. The van der Waals surface area contributed by atoms with Gasteiger partial charge in [0.25, 0.3) is 5.91 Å². The number of aromatic nitrogens is 3. The summed E-state index contributed by atoms with van der Waals surface area (Å²) < 4.78 is 2.51. The van der Waals surface area contributed by atoms with Gasteiger partial charge in [0.2, 0.25) is 0 Å². The van der Waals surface area contributed by atoms with Crippen molar-refractivity contribution in [3.63, 3.8) is 0 Å². The van der Waals surface area contributed by atoms with Crippen LogP contribution in [-0.4, -0.2) is 33.6 Å². The van der Waals surface area contributed by atoms with Gasteiger partial charge in [0.05, 0.1) is 16.4 Å². The molecular formula is C24H23BrClN5O. The number of carbonyl (C=O) groups excluding carboxylic acids is 1. The normalized spacial score (nSPS) is 11.0. The fourth-order valence-corrected chi connectivity index (χ4v) is 4.14. The van der Waals surface area contributed by atoms with Crippen LogP contribution in [0.5, 0.6) is 0 Å². The van der Waals surface area contributed by atoms with E-state index >= 15 is 0 Å². The van der Waals surface area contributed by atoms with Crippen molar-refractivity contribution in [3.05, 3.63) is 81.4 Å². The molecule has 32 heavy (non-hydrogen) atoms. The van der Waals surface area contributed by atoms with E-state index in [0.29, 0.717) is 23.8 Å². The van der Waals surface area contributed by atoms with Crippen molar-refractivity contribution in [1.29, 1.82) is 0 Å². The molecule has 0 aliphatic rings. The average molecular weight is 513 g/mol. The number of aryl methyl sites for hydroxylation is 1. The lowest BCUT2D eigenvalue weighted by Gasteiger charge is -2.13. The SMILES string of the molecule is CCCc1ccccc1C(=O)NCCNc1cc(-c2ccccc2Cl)nc2c(Br)cnn12. The molecule has 0 aliphatic carbocycles. The lowest BCUT2D eigenvalue weighted by atomic mass is 10.0. The van der Waals surface area contributed by atoms with Crippen LogP contribution in [0.15, 0.2) is 65.3 Å². The number of anilines is 1. The summed E-state index contributed by atoms with van der Waals surface area (Å²) in [7, 11) is 0. The third kappa shape index (κ3) is 4.79. The topological polar surface area (TPSA) is 71.3 Å². The van der Waals surface area contributed by atoms with Crippen molar-refractivity contribution < 1.29 is 4.79 Å². The molecule has 8 heteroatoms. The number of nitrogens with zero attached hydrogens (tertiary/aromatic N) is 3.